The normalized spacial score (nSPS) is 9.81. The first-order chi connectivity index (χ1) is 10.1. The molecular formula is C14H16BN2O4. The van der Waals surface area contributed by atoms with Crippen LogP contribution in [0.4, 0.5) is 11.4 Å². The van der Waals surface area contributed by atoms with Gasteiger partial charge in [-0.1, -0.05) is 0 Å². The Bertz CT molecular complexity index is 568. The van der Waals surface area contributed by atoms with Gasteiger partial charge in [0.1, 0.15) is 23.0 Å². The van der Waals surface area contributed by atoms with Crippen LogP contribution in [-0.2, 0) is 0 Å². The molecule has 2 rings (SSSR count). The molecule has 0 aliphatic heterocycles. The minimum absolute atomic E-state index is 0.536. The van der Waals surface area contributed by atoms with Crippen molar-refractivity contribution in [3.63, 3.8) is 0 Å². The standard InChI is InChI=1S/C14H16BN2O4/c1-18-13-7-9(3-5-11(13)16)20-15-21-10-4-6-12(17)14(8-10)19-2/h3-8H,16-17H2,1-2H3. The van der Waals surface area contributed by atoms with Crippen LogP contribution in [0.3, 0.4) is 0 Å². The van der Waals surface area contributed by atoms with Crippen LogP contribution in [0, 0.1) is 0 Å². The predicted octanol–water partition coefficient (Wildman–Crippen LogP) is 1.86. The van der Waals surface area contributed by atoms with E-state index in [0.717, 1.165) is 0 Å². The number of benzene rings is 2. The second-order valence-electron chi connectivity index (χ2n) is 4.14. The van der Waals surface area contributed by atoms with Gasteiger partial charge in [-0.25, -0.2) is 0 Å². The number of ether oxygens (including phenoxy) is 2. The molecule has 0 spiro atoms. The first-order valence-electron chi connectivity index (χ1n) is 6.16. The summed E-state index contributed by atoms with van der Waals surface area (Å²) in [5, 5.41) is 0. The molecule has 0 aliphatic rings. The molecule has 0 unspecified atom stereocenters. The van der Waals surface area contributed by atoms with Gasteiger partial charge >= 0.3 is 7.69 Å². The summed E-state index contributed by atoms with van der Waals surface area (Å²) in [5.74, 6) is 2.16. The van der Waals surface area contributed by atoms with Crippen LogP contribution < -0.4 is 30.2 Å². The third kappa shape index (κ3) is 3.65. The molecule has 1 radical (unpaired) electrons. The van der Waals surface area contributed by atoms with Gasteiger partial charge in [-0.15, -0.1) is 0 Å². The average Bonchev–Trinajstić information content (AvgIpc) is 2.50. The van der Waals surface area contributed by atoms with E-state index in [2.05, 4.69) is 0 Å². The van der Waals surface area contributed by atoms with Crippen molar-refractivity contribution in [1.29, 1.82) is 0 Å². The summed E-state index contributed by atoms with van der Waals surface area (Å²) in [6, 6.07) is 10.1. The third-order valence-corrected chi connectivity index (χ3v) is 2.78. The van der Waals surface area contributed by atoms with Crippen molar-refractivity contribution in [2.45, 2.75) is 0 Å². The Balaban J connectivity index is 1.95. The van der Waals surface area contributed by atoms with E-state index < -0.39 is 0 Å². The minimum atomic E-state index is 0.536. The fourth-order valence-electron chi connectivity index (χ4n) is 1.66. The van der Waals surface area contributed by atoms with E-state index in [4.69, 9.17) is 30.2 Å². The van der Waals surface area contributed by atoms with E-state index in [0.29, 0.717) is 34.4 Å². The molecule has 0 aliphatic carbocycles. The molecule has 0 aromatic heterocycles. The monoisotopic (exact) mass is 287 g/mol. The van der Waals surface area contributed by atoms with Crippen molar-refractivity contribution in [2.75, 3.05) is 25.7 Å². The first-order valence-corrected chi connectivity index (χ1v) is 6.16. The lowest BCUT2D eigenvalue weighted by molar-refractivity contribution is 0.408. The Kier molecular flexibility index (Phi) is 4.66. The van der Waals surface area contributed by atoms with Crippen LogP contribution >= 0.6 is 0 Å². The van der Waals surface area contributed by atoms with E-state index in [9.17, 15) is 0 Å². The summed E-state index contributed by atoms with van der Waals surface area (Å²) in [6.07, 6.45) is 0. The molecule has 2 aromatic rings. The number of hydrogen-bond acceptors (Lipinski definition) is 6. The zero-order valence-electron chi connectivity index (χ0n) is 11.8. The largest absolute Gasteiger partial charge is 0.658 e. The molecule has 0 fully saturated rings. The average molecular weight is 287 g/mol. The highest BCUT2D eigenvalue weighted by Gasteiger charge is 2.07. The maximum absolute atomic E-state index is 5.72. The van der Waals surface area contributed by atoms with Crippen molar-refractivity contribution in [1.82, 2.24) is 0 Å². The third-order valence-electron chi connectivity index (χ3n) is 2.78. The highest BCUT2D eigenvalue weighted by molar-refractivity contribution is 6.20. The fourth-order valence-corrected chi connectivity index (χ4v) is 1.66. The fraction of sp³-hybridized carbons (Fsp3) is 0.143. The number of methoxy groups -OCH3 is 2. The maximum atomic E-state index is 5.72. The van der Waals surface area contributed by atoms with Crippen LogP contribution in [0.1, 0.15) is 0 Å². The van der Waals surface area contributed by atoms with Gasteiger partial charge in [0.2, 0.25) is 0 Å². The van der Waals surface area contributed by atoms with Gasteiger partial charge in [-0.05, 0) is 24.3 Å². The first kappa shape index (κ1) is 14.7. The summed E-state index contributed by atoms with van der Waals surface area (Å²) >= 11 is 0. The lowest BCUT2D eigenvalue weighted by Gasteiger charge is -2.10. The molecule has 0 saturated carbocycles. The smallest absolute Gasteiger partial charge is 0.526 e. The van der Waals surface area contributed by atoms with Crippen molar-refractivity contribution < 1.29 is 18.8 Å². The van der Waals surface area contributed by atoms with Crippen LogP contribution in [0.2, 0.25) is 0 Å². The van der Waals surface area contributed by atoms with Gasteiger partial charge in [0, 0.05) is 12.1 Å². The molecule has 2 aromatic carbocycles. The minimum Gasteiger partial charge on any atom is -0.526 e. The molecule has 0 saturated heterocycles. The Morgan fingerprint density at radius 3 is 1.57 bits per heavy atom. The molecule has 0 amide bonds. The summed E-state index contributed by atoms with van der Waals surface area (Å²) in [5.41, 5.74) is 12.5. The lowest BCUT2D eigenvalue weighted by atomic mass is 10.2. The van der Waals surface area contributed by atoms with Crippen molar-refractivity contribution >= 4 is 19.1 Å². The van der Waals surface area contributed by atoms with Gasteiger partial charge in [0.15, 0.2) is 0 Å². The molecule has 109 valence electrons. The van der Waals surface area contributed by atoms with E-state index in [-0.39, 0.29) is 0 Å². The number of anilines is 2. The van der Waals surface area contributed by atoms with Crippen molar-refractivity contribution in [3.05, 3.63) is 36.4 Å². The van der Waals surface area contributed by atoms with Crippen LogP contribution in [0.5, 0.6) is 23.0 Å². The summed E-state index contributed by atoms with van der Waals surface area (Å²) in [7, 11) is 4.28. The van der Waals surface area contributed by atoms with E-state index in [1.54, 1.807) is 36.4 Å². The predicted molar refractivity (Wildman–Crippen MR) is 81.8 cm³/mol. The van der Waals surface area contributed by atoms with Gasteiger partial charge in [-0.3, -0.25) is 0 Å². The molecule has 6 nitrogen and oxygen atoms in total. The second kappa shape index (κ2) is 6.65. The van der Waals surface area contributed by atoms with Gasteiger partial charge in [0.25, 0.3) is 0 Å². The van der Waals surface area contributed by atoms with Crippen molar-refractivity contribution in [2.24, 2.45) is 0 Å². The van der Waals surface area contributed by atoms with E-state index in [1.807, 2.05) is 0 Å². The van der Waals surface area contributed by atoms with E-state index in [1.165, 1.54) is 21.9 Å². The van der Waals surface area contributed by atoms with Crippen LogP contribution in [-0.4, -0.2) is 21.9 Å². The molecule has 21 heavy (non-hydrogen) atoms. The number of hydrogen-bond donors (Lipinski definition) is 2. The number of rotatable bonds is 6. The van der Waals surface area contributed by atoms with E-state index >= 15 is 0 Å². The van der Waals surface area contributed by atoms with Gasteiger partial charge < -0.3 is 30.2 Å². The Hall–Kier alpha value is -2.70. The number of nitrogen functional groups attached to an aromatic ring is 2. The second-order valence-corrected chi connectivity index (χ2v) is 4.14. The van der Waals surface area contributed by atoms with Crippen LogP contribution in [0.25, 0.3) is 0 Å². The zero-order chi connectivity index (χ0) is 15.2. The molecule has 4 N–H and O–H groups in total. The quantitative estimate of drug-likeness (QED) is 0.622. The summed E-state index contributed by atoms with van der Waals surface area (Å²) < 4.78 is 20.9. The highest BCUT2D eigenvalue weighted by atomic mass is 16.6. The summed E-state index contributed by atoms with van der Waals surface area (Å²) in [6.45, 7) is 0. The molecular weight excluding hydrogens is 271 g/mol. The van der Waals surface area contributed by atoms with Gasteiger partial charge in [0.05, 0.1) is 25.6 Å². The molecule has 0 heterocycles. The van der Waals surface area contributed by atoms with Gasteiger partial charge in [-0.2, -0.15) is 0 Å². The highest BCUT2D eigenvalue weighted by Crippen LogP contribution is 2.28. The van der Waals surface area contributed by atoms with Crippen molar-refractivity contribution in [3.8, 4) is 23.0 Å². The Morgan fingerprint density at radius 2 is 1.19 bits per heavy atom. The SMILES string of the molecule is COc1cc(O[B]Oc2ccc(N)c(OC)c2)ccc1N. The summed E-state index contributed by atoms with van der Waals surface area (Å²) in [4.78, 5) is 0. The Labute approximate surface area is 123 Å². The molecule has 0 bridgehead atoms. The van der Waals surface area contributed by atoms with Crippen LogP contribution in [0.15, 0.2) is 36.4 Å². The zero-order valence-corrected chi connectivity index (χ0v) is 11.8. The number of nitrogens with two attached hydrogens (primary N) is 2. The maximum Gasteiger partial charge on any atom is 0.658 e. The lowest BCUT2D eigenvalue weighted by Crippen LogP contribution is -2.11. The topological polar surface area (TPSA) is 89.0 Å². The molecule has 7 heteroatoms. The molecule has 0 atom stereocenters. The Morgan fingerprint density at radius 1 is 0.762 bits per heavy atom.